The molecule has 0 fully saturated rings. The summed E-state index contributed by atoms with van der Waals surface area (Å²) in [5, 5.41) is 14.6. The van der Waals surface area contributed by atoms with E-state index in [1.54, 1.807) is 0 Å². The van der Waals surface area contributed by atoms with Crippen molar-refractivity contribution in [1.29, 1.82) is 0 Å². The zero-order valence-electron chi connectivity index (χ0n) is 15.5. The normalized spacial score (nSPS) is 13.4. The van der Waals surface area contributed by atoms with Crippen LogP contribution in [0.15, 0.2) is 47.4 Å². The summed E-state index contributed by atoms with van der Waals surface area (Å²) >= 11 is 3.94. The first-order valence-electron chi connectivity index (χ1n) is 8.41. The summed E-state index contributed by atoms with van der Waals surface area (Å²) in [6.45, 7) is 1.22. The Bertz CT molecular complexity index is 921. The molecule has 0 heterocycles. The van der Waals surface area contributed by atoms with E-state index in [1.807, 2.05) is 0 Å². The molecule has 162 valence electrons. The van der Waals surface area contributed by atoms with Gasteiger partial charge in [0.2, 0.25) is 5.91 Å². The van der Waals surface area contributed by atoms with Gasteiger partial charge in [0.15, 0.2) is 0 Å². The quantitative estimate of drug-likeness (QED) is 0.288. The molecule has 0 aliphatic heterocycles. The van der Waals surface area contributed by atoms with Crippen molar-refractivity contribution in [2.24, 2.45) is 0 Å². The second kappa shape index (κ2) is 9.80. The van der Waals surface area contributed by atoms with E-state index in [-0.39, 0.29) is 16.8 Å². The van der Waals surface area contributed by atoms with Crippen molar-refractivity contribution in [2.45, 2.75) is 23.6 Å². The number of thioether (sulfide) groups is 1. The van der Waals surface area contributed by atoms with Crippen LogP contribution in [-0.4, -0.2) is 33.6 Å². The molecular formula is C19H17BrF4N2O3S. The molecular weight excluding hydrogens is 492 g/mol. The van der Waals surface area contributed by atoms with Crippen LogP contribution < -0.4 is 10.6 Å². The minimum atomic E-state index is -4.78. The Labute approximate surface area is 182 Å². The van der Waals surface area contributed by atoms with Crippen LogP contribution in [0.3, 0.4) is 0 Å². The van der Waals surface area contributed by atoms with Gasteiger partial charge in [-0.1, -0.05) is 15.9 Å². The molecule has 2 aromatic carbocycles. The Morgan fingerprint density at radius 2 is 1.73 bits per heavy atom. The highest BCUT2D eigenvalue weighted by molar-refractivity contribution is 9.09. The molecule has 5 nitrogen and oxygen atoms in total. The van der Waals surface area contributed by atoms with Gasteiger partial charge in [-0.3, -0.25) is 9.59 Å². The number of amides is 2. The van der Waals surface area contributed by atoms with Gasteiger partial charge in [0.05, 0.1) is 16.6 Å². The number of carbonyl (C=O) groups excluding carboxylic acids is 2. The SMILES string of the molecule is CC(O)(CSc1ccc(F)cc1)C(=O)Nc1ccc(NC(=O)CBr)c(C(F)(F)F)c1. The van der Waals surface area contributed by atoms with Gasteiger partial charge in [0.25, 0.3) is 5.91 Å². The maximum absolute atomic E-state index is 13.3. The Morgan fingerprint density at radius 1 is 1.10 bits per heavy atom. The molecule has 1 unspecified atom stereocenters. The highest BCUT2D eigenvalue weighted by Gasteiger charge is 2.35. The van der Waals surface area contributed by atoms with E-state index in [1.165, 1.54) is 37.3 Å². The van der Waals surface area contributed by atoms with E-state index < -0.39 is 40.7 Å². The molecule has 0 saturated heterocycles. The van der Waals surface area contributed by atoms with E-state index in [0.717, 1.165) is 17.8 Å². The van der Waals surface area contributed by atoms with Crippen molar-refractivity contribution < 1.29 is 32.3 Å². The van der Waals surface area contributed by atoms with Crippen LogP contribution in [0.1, 0.15) is 12.5 Å². The summed E-state index contributed by atoms with van der Waals surface area (Å²) in [6, 6.07) is 8.27. The highest BCUT2D eigenvalue weighted by Crippen LogP contribution is 2.37. The van der Waals surface area contributed by atoms with Crippen molar-refractivity contribution in [3.8, 4) is 0 Å². The lowest BCUT2D eigenvalue weighted by atomic mass is 10.1. The first kappa shape index (κ1) is 24.2. The molecule has 0 aliphatic carbocycles. The molecule has 1 atom stereocenters. The fourth-order valence-corrected chi connectivity index (χ4v) is 3.28. The molecule has 0 bridgehead atoms. The minimum absolute atomic E-state index is 0.115. The van der Waals surface area contributed by atoms with E-state index in [2.05, 4.69) is 26.6 Å². The summed E-state index contributed by atoms with van der Waals surface area (Å²) in [7, 11) is 0. The van der Waals surface area contributed by atoms with Crippen LogP contribution in [0.2, 0.25) is 0 Å². The van der Waals surface area contributed by atoms with Gasteiger partial charge < -0.3 is 15.7 Å². The third-order valence-corrected chi connectivity index (χ3v) is 5.62. The molecule has 2 amide bonds. The largest absolute Gasteiger partial charge is 0.418 e. The van der Waals surface area contributed by atoms with Crippen LogP contribution in [0.4, 0.5) is 28.9 Å². The average molecular weight is 509 g/mol. The molecule has 30 heavy (non-hydrogen) atoms. The predicted molar refractivity (Wildman–Crippen MR) is 110 cm³/mol. The lowest BCUT2D eigenvalue weighted by Crippen LogP contribution is -2.42. The molecule has 2 rings (SSSR count). The van der Waals surface area contributed by atoms with Gasteiger partial charge in [0.1, 0.15) is 11.4 Å². The molecule has 3 N–H and O–H groups in total. The number of nitrogens with one attached hydrogen (secondary N) is 2. The first-order chi connectivity index (χ1) is 13.9. The van der Waals surface area contributed by atoms with Gasteiger partial charge >= 0.3 is 6.18 Å². The Hall–Kier alpha value is -2.11. The Kier molecular flexibility index (Phi) is 7.89. The predicted octanol–water partition coefficient (Wildman–Crippen LogP) is 4.66. The van der Waals surface area contributed by atoms with Crippen LogP contribution in [-0.2, 0) is 15.8 Å². The summed E-state index contributed by atoms with van der Waals surface area (Å²) in [5.74, 6) is -2.13. The molecule has 0 aromatic heterocycles. The summed E-state index contributed by atoms with van der Waals surface area (Å²) < 4.78 is 52.9. The fourth-order valence-electron chi connectivity index (χ4n) is 2.24. The second-order valence-electron chi connectivity index (χ2n) is 6.41. The monoisotopic (exact) mass is 508 g/mol. The lowest BCUT2D eigenvalue weighted by Gasteiger charge is -2.22. The van der Waals surface area contributed by atoms with Gasteiger partial charge in [-0.15, -0.1) is 11.8 Å². The molecule has 0 spiro atoms. The number of halogens is 5. The third kappa shape index (κ3) is 6.71. The Morgan fingerprint density at radius 3 is 2.30 bits per heavy atom. The molecule has 2 aromatic rings. The molecule has 11 heteroatoms. The van der Waals surface area contributed by atoms with Crippen molar-refractivity contribution in [1.82, 2.24) is 0 Å². The highest BCUT2D eigenvalue weighted by atomic mass is 79.9. The number of aliphatic hydroxyl groups is 1. The second-order valence-corrected chi connectivity index (χ2v) is 8.02. The number of alkyl halides is 4. The Balaban J connectivity index is 2.14. The zero-order valence-corrected chi connectivity index (χ0v) is 17.9. The van der Waals surface area contributed by atoms with Crippen molar-refractivity contribution in [3.63, 3.8) is 0 Å². The van der Waals surface area contributed by atoms with Crippen LogP contribution in [0, 0.1) is 5.82 Å². The number of rotatable bonds is 7. The number of anilines is 2. The number of hydrogen-bond acceptors (Lipinski definition) is 4. The summed E-state index contributed by atoms with van der Waals surface area (Å²) in [5.41, 5.74) is -3.71. The van der Waals surface area contributed by atoms with Crippen molar-refractivity contribution >= 4 is 50.9 Å². The van der Waals surface area contributed by atoms with Crippen LogP contribution in [0.25, 0.3) is 0 Å². The molecule has 0 aliphatic rings. The van der Waals surface area contributed by atoms with E-state index in [9.17, 15) is 32.3 Å². The standard InChI is InChI=1S/C19H17BrF4N2O3S/c1-18(29,10-30-13-5-2-11(21)3-6-13)17(28)25-12-4-7-15(26-16(27)9-20)14(8-12)19(22,23)24/h2-8,29H,9-10H2,1H3,(H,25,28)(H,26,27). The first-order valence-corrected chi connectivity index (χ1v) is 10.5. The lowest BCUT2D eigenvalue weighted by molar-refractivity contribution is -0.137. The van der Waals surface area contributed by atoms with Gasteiger partial charge in [-0.25, -0.2) is 4.39 Å². The minimum Gasteiger partial charge on any atom is -0.379 e. The number of benzene rings is 2. The van der Waals surface area contributed by atoms with Gasteiger partial charge in [-0.05, 0) is 49.4 Å². The maximum Gasteiger partial charge on any atom is 0.418 e. The fraction of sp³-hybridized carbons (Fsp3) is 0.263. The van der Waals surface area contributed by atoms with Crippen LogP contribution in [0.5, 0.6) is 0 Å². The smallest absolute Gasteiger partial charge is 0.379 e. The number of hydrogen-bond donors (Lipinski definition) is 3. The average Bonchev–Trinajstić information content (AvgIpc) is 2.67. The summed E-state index contributed by atoms with van der Waals surface area (Å²) in [6.07, 6.45) is -4.78. The van der Waals surface area contributed by atoms with Crippen molar-refractivity contribution in [2.75, 3.05) is 21.7 Å². The summed E-state index contributed by atoms with van der Waals surface area (Å²) in [4.78, 5) is 24.4. The van der Waals surface area contributed by atoms with E-state index in [4.69, 9.17) is 0 Å². The van der Waals surface area contributed by atoms with Crippen LogP contribution >= 0.6 is 27.7 Å². The molecule has 0 radical (unpaired) electrons. The zero-order chi connectivity index (χ0) is 22.5. The van der Waals surface area contributed by atoms with E-state index in [0.29, 0.717) is 11.0 Å². The van der Waals surface area contributed by atoms with Gasteiger partial charge in [-0.2, -0.15) is 13.2 Å². The van der Waals surface area contributed by atoms with E-state index >= 15 is 0 Å². The maximum atomic E-state index is 13.3. The van der Waals surface area contributed by atoms with Crippen molar-refractivity contribution in [3.05, 3.63) is 53.8 Å². The van der Waals surface area contributed by atoms with Gasteiger partial charge in [0, 0.05) is 16.3 Å². The third-order valence-electron chi connectivity index (χ3n) is 3.80. The molecule has 0 saturated carbocycles. The topological polar surface area (TPSA) is 78.4 Å². The number of carbonyl (C=O) groups is 2.